The minimum atomic E-state index is -0.612. The van der Waals surface area contributed by atoms with Crippen LogP contribution in [-0.4, -0.2) is 39.9 Å². The first-order valence-corrected chi connectivity index (χ1v) is 7.09. The van der Waals surface area contributed by atoms with Crippen molar-refractivity contribution in [1.82, 2.24) is 9.38 Å². The summed E-state index contributed by atoms with van der Waals surface area (Å²) in [6, 6.07) is 0. The van der Waals surface area contributed by atoms with E-state index in [1.807, 2.05) is 6.92 Å². The second-order valence-corrected chi connectivity index (χ2v) is 5.48. The van der Waals surface area contributed by atoms with Gasteiger partial charge >= 0.3 is 5.82 Å². The molecular weight excluding hydrogens is 284 g/mol. The smallest absolute Gasteiger partial charge is 0.363 e. The summed E-state index contributed by atoms with van der Waals surface area (Å²) in [6.45, 7) is 3.51. The van der Waals surface area contributed by atoms with Crippen molar-refractivity contribution in [2.75, 3.05) is 25.1 Å². The van der Waals surface area contributed by atoms with E-state index in [0.29, 0.717) is 31.1 Å². The molecule has 2 aromatic heterocycles. The first-order valence-electron chi connectivity index (χ1n) is 6.21. The van der Waals surface area contributed by atoms with Crippen LogP contribution in [-0.2, 0) is 9.47 Å². The van der Waals surface area contributed by atoms with Crippen LogP contribution in [0.15, 0.2) is 11.6 Å². The molecule has 9 heteroatoms. The lowest BCUT2D eigenvalue weighted by Gasteiger charge is -2.21. The zero-order chi connectivity index (χ0) is 14.2. The van der Waals surface area contributed by atoms with Gasteiger partial charge in [-0.3, -0.25) is 0 Å². The molecule has 108 valence electrons. The van der Waals surface area contributed by atoms with E-state index >= 15 is 0 Å². The third-order valence-corrected chi connectivity index (χ3v) is 3.94. The SMILES string of the molecule is CC1(CCNc2nc3sccn3c2[N+](=O)[O-])OCCO1. The van der Waals surface area contributed by atoms with Gasteiger partial charge in [-0.15, -0.1) is 0 Å². The molecule has 0 radical (unpaired) electrons. The third-order valence-electron chi connectivity index (χ3n) is 3.18. The number of nitrogens with zero attached hydrogens (tertiary/aromatic N) is 3. The summed E-state index contributed by atoms with van der Waals surface area (Å²) in [6.07, 6.45) is 2.23. The van der Waals surface area contributed by atoms with E-state index in [-0.39, 0.29) is 11.6 Å². The van der Waals surface area contributed by atoms with Gasteiger partial charge in [-0.25, -0.2) is 0 Å². The van der Waals surface area contributed by atoms with Crippen molar-refractivity contribution in [3.8, 4) is 0 Å². The van der Waals surface area contributed by atoms with Crippen LogP contribution in [0.3, 0.4) is 0 Å². The predicted molar refractivity (Wildman–Crippen MR) is 73.1 cm³/mol. The van der Waals surface area contributed by atoms with Crippen LogP contribution in [0, 0.1) is 10.1 Å². The summed E-state index contributed by atoms with van der Waals surface area (Å²) in [5.41, 5.74) is 0. The molecule has 3 heterocycles. The predicted octanol–water partition coefficient (Wildman–Crippen LogP) is 1.87. The van der Waals surface area contributed by atoms with Gasteiger partial charge in [-0.1, -0.05) is 11.3 Å². The van der Waals surface area contributed by atoms with E-state index in [2.05, 4.69) is 10.3 Å². The molecule has 0 saturated carbocycles. The number of thiazole rings is 1. The summed E-state index contributed by atoms with van der Waals surface area (Å²) in [5, 5.41) is 15.9. The summed E-state index contributed by atoms with van der Waals surface area (Å²) in [5.74, 6) is -0.373. The van der Waals surface area contributed by atoms with Crippen molar-refractivity contribution < 1.29 is 14.4 Å². The lowest BCUT2D eigenvalue weighted by molar-refractivity contribution is -0.389. The lowest BCUT2D eigenvalue weighted by Crippen LogP contribution is -2.28. The molecule has 0 atom stereocenters. The Morgan fingerprint density at radius 1 is 1.60 bits per heavy atom. The molecule has 2 aromatic rings. The van der Waals surface area contributed by atoms with Crippen LogP contribution < -0.4 is 5.32 Å². The number of hydrogen-bond donors (Lipinski definition) is 1. The number of imidazole rings is 1. The van der Waals surface area contributed by atoms with Crippen LogP contribution in [0.1, 0.15) is 13.3 Å². The van der Waals surface area contributed by atoms with Gasteiger partial charge in [0, 0.05) is 18.3 Å². The summed E-state index contributed by atoms with van der Waals surface area (Å²) in [7, 11) is 0. The van der Waals surface area contributed by atoms with Gasteiger partial charge in [0.2, 0.25) is 5.82 Å². The molecule has 0 aromatic carbocycles. The van der Waals surface area contributed by atoms with E-state index in [1.165, 1.54) is 15.7 Å². The van der Waals surface area contributed by atoms with Crippen molar-refractivity contribution in [3.63, 3.8) is 0 Å². The third kappa shape index (κ3) is 2.35. The average Bonchev–Trinajstić information content (AvgIpc) is 3.04. The van der Waals surface area contributed by atoms with E-state index in [0.717, 1.165) is 0 Å². The highest BCUT2D eigenvalue weighted by Crippen LogP contribution is 2.29. The van der Waals surface area contributed by atoms with Crippen LogP contribution in [0.2, 0.25) is 0 Å². The van der Waals surface area contributed by atoms with Crippen LogP contribution in [0.4, 0.5) is 11.6 Å². The highest BCUT2D eigenvalue weighted by atomic mass is 32.1. The van der Waals surface area contributed by atoms with Gasteiger partial charge < -0.3 is 24.9 Å². The lowest BCUT2D eigenvalue weighted by atomic mass is 10.2. The Balaban J connectivity index is 1.72. The number of ether oxygens (including phenoxy) is 2. The number of fused-ring (bicyclic) bond motifs is 1. The maximum absolute atomic E-state index is 11.1. The average molecular weight is 298 g/mol. The molecule has 20 heavy (non-hydrogen) atoms. The fourth-order valence-electron chi connectivity index (χ4n) is 2.18. The van der Waals surface area contributed by atoms with Gasteiger partial charge in [0.15, 0.2) is 5.79 Å². The number of nitrogens with one attached hydrogen (secondary N) is 1. The molecule has 0 amide bonds. The van der Waals surface area contributed by atoms with Gasteiger partial charge in [0.05, 0.1) is 13.2 Å². The molecule has 3 rings (SSSR count). The van der Waals surface area contributed by atoms with Crippen molar-refractivity contribution in [2.45, 2.75) is 19.1 Å². The maximum Gasteiger partial charge on any atom is 0.372 e. The molecule has 0 bridgehead atoms. The molecule has 1 N–H and O–H groups in total. The Morgan fingerprint density at radius 2 is 2.35 bits per heavy atom. The van der Waals surface area contributed by atoms with Gasteiger partial charge in [-0.05, 0) is 11.8 Å². The molecule has 0 aliphatic carbocycles. The van der Waals surface area contributed by atoms with Crippen molar-refractivity contribution in [2.24, 2.45) is 0 Å². The standard InChI is InChI=1S/C11H14N4O4S/c1-11(18-5-6-19-11)2-3-12-8-9(15(16)17)14-4-7-20-10(14)13-8/h4,7,12H,2-3,5-6H2,1H3. The Kier molecular flexibility index (Phi) is 3.32. The molecule has 8 nitrogen and oxygen atoms in total. The molecule has 0 unspecified atom stereocenters. The number of anilines is 1. The fraction of sp³-hybridized carbons (Fsp3) is 0.545. The maximum atomic E-state index is 11.1. The second-order valence-electron chi connectivity index (χ2n) is 4.60. The topological polar surface area (TPSA) is 90.9 Å². The number of aromatic nitrogens is 2. The zero-order valence-corrected chi connectivity index (χ0v) is 11.7. The van der Waals surface area contributed by atoms with Gasteiger partial charge in [-0.2, -0.15) is 9.38 Å². The Hall–Kier alpha value is -1.71. The van der Waals surface area contributed by atoms with Gasteiger partial charge in [0.1, 0.15) is 6.20 Å². The molecule has 1 fully saturated rings. The quantitative estimate of drug-likeness (QED) is 0.669. The van der Waals surface area contributed by atoms with Crippen molar-refractivity contribution >= 4 is 27.9 Å². The van der Waals surface area contributed by atoms with Gasteiger partial charge in [0.25, 0.3) is 4.96 Å². The van der Waals surface area contributed by atoms with Crippen molar-refractivity contribution in [3.05, 3.63) is 21.7 Å². The highest BCUT2D eigenvalue weighted by molar-refractivity contribution is 7.15. The number of rotatable bonds is 5. The first kappa shape index (κ1) is 13.3. The molecule has 1 aliphatic rings. The van der Waals surface area contributed by atoms with E-state index in [1.54, 1.807) is 11.6 Å². The van der Waals surface area contributed by atoms with E-state index in [9.17, 15) is 10.1 Å². The monoisotopic (exact) mass is 298 g/mol. The first-order chi connectivity index (χ1) is 9.59. The van der Waals surface area contributed by atoms with E-state index in [4.69, 9.17) is 9.47 Å². The normalized spacial score (nSPS) is 17.6. The summed E-state index contributed by atoms with van der Waals surface area (Å²) >= 11 is 1.36. The number of hydrogen-bond acceptors (Lipinski definition) is 7. The largest absolute Gasteiger partial charge is 0.372 e. The molecule has 1 aliphatic heterocycles. The Morgan fingerprint density at radius 3 is 3.05 bits per heavy atom. The minimum Gasteiger partial charge on any atom is -0.363 e. The van der Waals surface area contributed by atoms with Crippen LogP contribution in [0.5, 0.6) is 0 Å². The molecule has 1 saturated heterocycles. The molecule has 0 spiro atoms. The number of nitro groups is 1. The van der Waals surface area contributed by atoms with Crippen LogP contribution >= 0.6 is 11.3 Å². The Bertz CT molecular complexity index is 631. The highest BCUT2D eigenvalue weighted by Gasteiger charge is 2.31. The molecular formula is C11H14N4O4S. The Labute approximate surface area is 118 Å². The fourth-order valence-corrected chi connectivity index (χ4v) is 2.89. The van der Waals surface area contributed by atoms with E-state index < -0.39 is 10.7 Å². The van der Waals surface area contributed by atoms with Crippen molar-refractivity contribution in [1.29, 1.82) is 0 Å². The minimum absolute atomic E-state index is 0.0420. The summed E-state index contributed by atoms with van der Waals surface area (Å²) in [4.78, 5) is 15.5. The second kappa shape index (κ2) is 5.00. The van der Waals surface area contributed by atoms with Crippen LogP contribution in [0.25, 0.3) is 4.96 Å². The summed E-state index contributed by atoms with van der Waals surface area (Å²) < 4.78 is 12.4. The zero-order valence-electron chi connectivity index (χ0n) is 10.9.